The maximum absolute atomic E-state index is 11.5. The van der Waals surface area contributed by atoms with E-state index in [1.54, 1.807) is 12.1 Å². The molecule has 3 aromatic carbocycles. The monoisotopic (exact) mass is 297 g/mol. The summed E-state index contributed by atoms with van der Waals surface area (Å²) in [6, 6.07) is 18.8. The fourth-order valence-corrected chi connectivity index (χ4v) is 2.97. The third-order valence-electron chi connectivity index (χ3n) is 3.48. The fraction of sp³-hybridized carbons (Fsp3) is 0.0588. The SMILES string of the molecule is CS(=O)(=O)c1ccc(-c2ccc3cc(N)ccc3c2)cc1. The molecular formula is C17H15NO2S. The maximum Gasteiger partial charge on any atom is 0.175 e. The van der Waals surface area contributed by atoms with Crippen LogP contribution in [0.1, 0.15) is 0 Å². The Morgan fingerprint density at radius 2 is 1.33 bits per heavy atom. The predicted molar refractivity (Wildman–Crippen MR) is 86.9 cm³/mol. The van der Waals surface area contributed by atoms with Crippen LogP contribution in [-0.2, 0) is 9.84 Å². The molecule has 0 saturated heterocycles. The number of hydrogen-bond acceptors (Lipinski definition) is 3. The summed E-state index contributed by atoms with van der Waals surface area (Å²) in [5.74, 6) is 0. The number of nitrogens with two attached hydrogens (primary N) is 1. The summed E-state index contributed by atoms with van der Waals surface area (Å²) in [5, 5.41) is 2.19. The van der Waals surface area contributed by atoms with Crippen molar-refractivity contribution in [2.24, 2.45) is 0 Å². The summed E-state index contributed by atoms with van der Waals surface area (Å²) in [5.41, 5.74) is 8.55. The van der Waals surface area contributed by atoms with Gasteiger partial charge in [0.25, 0.3) is 0 Å². The van der Waals surface area contributed by atoms with Crippen LogP contribution < -0.4 is 5.73 Å². The number of nitrogen functional groups attached to an aromatic ring is 1. The minimum absolute atomic E-state index is 0.333. The Morgan fingerprint density at radius 1 is 0.762 bits per heavy atom. The number of anilines is 1. The van der Waals surface area contributed by atoms with Gasteiger partial charge in [-0.05, 0) is 52.2 Å². The van der Waals surface area contributed by atoms with Gasteiger partial charge in [0.15, 0.2) is 9.84 Å². The molecule has 2 N–H and O–H groups in total. The van der Waals surface area contributed by atoms with E-state index in [1.807, 2.05) is 42.5 Å². The first-order valence-electron chi connectivity index (χ1n) is 6.53. The van der Waals surface area contributed by atoms with Gasteiger partial charge < -0.3 is 5.73 Å². The fourth-order valence-electron chi connectivity index (χ4n) is 2.34. The molecule has 3 nitrogen and oxygen atoms in total. The van der Waals surface area contributed by atoms with Crippen molar-refractivity contribution in [3.05, 3.63) is 60.7 Å². The van der Waals surface area contributed by atoms with Gasteiger partial charge in [-0.25, -0.2) is 8.42 Å². The number of sulfone groups is 1. The van der Waals surface area contributed by atoms with Crippen molar-refractivity contribution in [1.82, 2.24) is 0 Å². The Balaban J connectivity index is 2.06. The first kappa shape index (κ1) is 13.6. The van der Waals surface area contributed by atoms with Gasteiger partial charge in [-0.1, -0.05) is 30.3 Å². The van der Waals surface area contributed by atoms with E-state index in [2.05, 4.69) is 6.07 Å². The molecule has 0 heterocycles. The second kappa shape index (κ2) is 4.90. The number of fused-ring (bicyclic) bond motifs is 1. The van der Waals surface area contributed by atoms with E-state index in [1.165, 1.54) is 6.26 Å². The molecule has 21 heavy (non-hydrogen) atoms. The lowest BCUT2D eigenvalue weighted by Crippen LogP contribution is -1.96. The van der Waals surface area contributed by atoms with Gasteiger partial charge in [-0.3, -0.25) is 0 Å². The van der Waals surface area contributed by atoms with Gasteiger partial charge in [-0.2, -0.15) is 0 Å². The van der Waals surface area contributed by atoms with Gasteiger partial charge in [0.2, 0.25) is 0 Å². The highest BCUT2D eigenvalue weighted by atomic mass is 32.2. The van der Waals surface area contributed by atoms with Crippen LogP contribution in [0.2, 0.25) is 0 Å². The minimum atomic E-state index is -3.16. The maximum atomic E-state index is 11.5. The van der Waals surface area contributed by atoms with Gasteiger partial charge in [0.05, 0.1) is 4.90 Å². The van der Waals surface area contributed by atoms with Gasteiger partial charge in [0.1, 0.15) is 0 Å². The standard InChI is InChI=1S/C17H15NO2S/c1-21(19,20)17-8-5-12(6-9-17)13-2-3-15-11-16(18)7-4-14(15)10-13/h2-11H,18H2,1H3. The zero-order valence-corrected chi connectivity index (χ0v) is 12.4. The van der Waals surface area contributed by atoms with E-state index in [9.17, 15) is 8.42 Å². The molecule has 0 unspecified atom stereocenters. The minimum Gasteiger partial charge on any atom is -0.399 e. The molecule has 3 aromatic rings. The molecule has 0 aromatic heterocycles. The van der Waals surface area contributed by atoms with Crippen molar-refractivity contribution in [3.8, 4) is 11.1 Å². The van der Waals surface area contributed by atoms with Gasteiger partial charge >= 0.3 is 0 Å². The summed E-state index contributed by atoms with van der Waals surface area (Å²) < 4.78 is 23.0. The largest absolute Gasteiger partial charge is 0.399 e. The predicted octanol–water partition coefficient (Wildman–Crippen LogP) is 3.49. The third-order valence-corrected chi connectivity index (χ3v) is 4.61. The smallest absolute Gasteiger partial charge is 0.175 e. The van der Waals surface area contributed by atoms with Crippen molar-refractivity contribution in [2.75, 3.05) is 12.0 Å². The Morgan fingerprint density at radius 3 is 2.00 bits per heavy atom. The van der Waals surface area contributed by atoms with Crippen molar-refractivity contribution in [3.63, 3.8) is 0 Å². The molecule has 106 valence electrons. The summed E-state index contributed by atoms with van der Waals surface area (Å²) in [6.45, 7) is 0. The molecule has 0 fully saturated rings. The molecule has 0 bridgehead atoms. The Bertz CT molecular complexity index is 913. The first-order valence-corrected chi connectivity index (χ1v) is 8.42. The van der Waals surface area contributed by atoms with Crippen LogP contribution in [0.25, 0.3) is 21.9 Å². The molecule has 0 spiro atoms. The molecule has 0 atom stereocenters. The molecule has 0 aliphatic heterocycles. The lowest BCUT2D eigenvalue weighted by atomic mass is 10.0. The van der Waals surface area contributed by atoms with Crippen LogP contribution in [-0.4, -0.2) is 14.7 Å². The van der Waals surface area contributed by atoms with E-state index in [4.69, 9.17) is 5.73 Å². The van der Waals surface area contributed by atoms with Crippen LogP contribution >= 0.6 is 0 Å². The zero-order valence-electron chi connectivity index (χ0n) is 11.6. The average Bonchev–Trinajstić information content (AvgIpc) is 2.46. The quantitative estimate of drug-likeness (QED) is 0.736. The zero-order chi connectivity index (χ0) is 15.0. The van der Waals surface area contributed by atoms with Crippen molar-refractivity contribution >= 4 is 26.3 Å². The second-order valence-electron chi connectivity index (χ2n) is 5.12. The molecular weight excluding hydrogens is 282 g/mol. The Hall–Kier alpha value is -2.33. The summed E-state index contributed by atoms with van der Waals surface area (Å²) in [6.07, 6.45) is 1.21. The van der Waals surface area contributed by atoms with Crippen molar-refractivity contribution in [1.29, 1.82) is 0 Å². The highest BCUT2D eigenvalue weighted by molar-refractivity contribution is 7.90. The second-order valence-corrected chi connectivity index (χ2v) is 7.13. The van der Waals surface area contributed by atoms with Gasteiger partial charge in [0, 0.05) is 11.9 Å². The van der Waals surface area contributed by atoms with Crippen molar-refractivity contribution in [2.45, 2.75) is 4.90 Å². The van der Waals surface area contributed by atoms with Crippen LogP contribution in [0, 0.1) is 0 Å². The van der Waals surface area contributed by atoms with Crippen LogP contribution in [0.5, 0.6) is 0 Å². The van der Waals surface area contributed by atoms with E-state index in [-0.39, 0.29) is 0 Å². The highest BCUT2D eigenvalue weighted by Gasteiger charge is 2.07. The molecule has 0 aliphatic carbocycles. The molecule has 3 rings (SSSR count). The Kier molecular flexibility index (Phi) is 3.18. The first-order chi connectivity index (χ1) is 9.93. The van der Waals surface area contributed by atoms with Crippen LogP contribution in [0.15, 0.2) is 65.6 Å². The topological polar surface area (TPSA) is 60.2 Å². The molecule has 0 radical (unpaired) electrons. The number of rotatable bonds is 2. The van der Waals surface area contributed by atoms with E-state index in [0.29, 0.717) is 4.90 Å². The lowest BCUT2D eigenvalue weighted by molar-refractivity contribution is 0.602. The summed E-state index contributed by atoms with van der Waals surface area (Å²) in [4.78, 5) is 0.333. The summed E-state index contributed by atoms with van der Waals surface area (Å²) >= 11 is 0. The summed E-state index contributed by atoms with van der Waals surface area (Å²) in [7, 11) is -3.16. The van der Waals surface area contributed by atoms with E-state index in [0.717, 1.165) is 27.6 Å². The molecule has 4 heteroatoms. The normalized spacial score (nSPS) is 11.7. The van der Waals surface area contributed by atoms with Gasteiger partial charge in [-0.15, -0.1) is 0 Å². The molecule has 0 saturated carbocycles. The average molecular weight is 297 g/mol. The van der Waals surface area contributed by atoms with E-state index >= 15 is 0 Å². The molecule has 0 amide bonds. The lowest BCUT2D eigenvalue weighted by Gasteiger charge is -2.06. The third kappa shape index (κ3) is 2.76. The van der Waals surface area contributed by atoms with Crippen LogP contribution in [0.3, 0.4) is 0 Å². The van der Waals surface area contributed by atoms with Crippen LogP contribution in [0.4, 0.5) is 5.69 Å². The Labute approximate surface area is 124 Å². The molecule has 0 aliphatic rings. The highest BCUT2D eigenvalue weighted by Crippen LogP contribution is 2.26. The van der Waals surface area contributed by atoms with E-state index < -0.39 is 9.84 Å². The number of hydrogen-bond donors (Lipinski definition) is 1. The van der Waals surface area contributed by atoms with Crippen molar-refractivity contribution < 1.29 is 8.42 Å². The number of benzene rings is 3.